The molecule has 2 rings (SSSR count). The fourth-order valence-electron chi connectivity index (χ4n) is 2.22. The number of hydrogen-bond donors (Lipinski definition) is 1. The molecule has 0 saturated carbocycles. The molecule has 20 heavy (non-hydrogen) atoms. The average molecular weight is 297 g/mol. The zero-order chi connectivity index (χ0) is 14.9. The maximum atomic E-state index is 10.6. The Hall–Kier alpha value is -1.72. The molecule has 0 radical (unpaired) electrons. The van der Waals surface area contributed by atoms with Gasteiger partial charge in [0.2, 0.25) is 5.88 Å². The lowest BCUT2D eigenvalue weighted by Crippen LogP contribution is -2.04. The van der Waals surface area contributed by atoms with Crippen molar-refractivity contribution < 1.29 is 14.6 Å². The van der Waals surface area contributed by atoms with Gasteiger partial charge in [0.1, 0.15) is 11.9 Å². The van der Waals surface area contributed by atoms with Crippen LogP contribution in [0.1, 0.15) is 22.9 Å². The summed E-state index contributed by atoms with van der Waals surface area (Å²) in [6, 6.07) is 5.15. The predicted octanol–water partition coefficient (Wildman–Crippen LogP) is 2.48. The first-order valence-corrected chi connectivity index (χ1v) is 6.46. The van der Waals surface area contributed by atoms with Crippen LogP contribution in [0.4, 0.5) is 0 Å². The number of benzene rings is 1. The van der Waals surface area contributed by atoms with Crippen LogP contribution in [0.25, 0.3) is 0 Å². The molecule has 1 aromatic heterocycles. The Morgan fingerprint density at radius 2 is 2.00 bits per heavy atom. The number of aryl methyl sites for hydroxylation is 2. The molecule has 1 N–H and O–H groups in total. The number of aliphatic hydroxyl groups excluding tert-OH is 1. The molecule has 5 nitrogen and oxygen atoms in total. The quantitative estimate of drug-likeness (QED) is 0.942. The van der Waals surface area contributed by atoms with Crippen LogP contribution in [0.15, 0.2) is 18.2 Å². The number of halogens is 1. The molecule has 0 saturated heterocycles. The van der Waals surface area contributed by atoms with Gasteiger partial charge < -0.3 is 14.6 Å². The Bertz CT molecular complexity index is 625. The van der Waals surface area contributed by atoms with Gasteiger partial charge in [0.15, 0.2) is 0 Å². The molecule has 1 unspecified atom stereocenters. The van der Waals surface area contributed by atoms with E-state index in [9.17, 15) is 5.11 Å². The van der Waals surface area contributed by atoms with Crippen molar-refractivity contribution in [2.75, 3.05) is 14.2 Å². The molecule has 6 heteroatoms. The molecule has 0 aliphatic carbocycles. The first-order valence-electron chi connectivity index (χ1n) is 6.08. The molecule has 0 bridgehead atoms. The van der Waals surface area contributed by atoms with Gasteiger partial charge in [-0.2, -0.15) is 5.10 Å². The molecular formula is C14H17ClN2O3. The monoisotopic (exact) mass is 296 g/mol. The van der Waals surface area contributed by atoms with Gasteiger partial charge in [-0.15, -0.1) is 0 Å². The first kappa shape index (κ1) is 14.7. The van der Waals surface area contributed by atoms with E-state index in [1.54, 1.807) is 37.0 Å². The SMILES string of the molecule is COc1cc(C(O)c2c(C)nn(C)c2OC)ccc1Cl. The van der Waals surface area contributed by atoms with Crippen LogP contribution in [0.2, 0.25) is 5.02 Å². The third-order valence-corrected chi connectivity index (χ3v) is 3.48. The van der Waals surface area contributed by atoms with Gasteiger partial charge in [-0.05, 0) is 24.6 Å². The third kappa shape index (κ3) is 2.46. The van der Waals surface area contributed by atoms with E-state index in [0.29, 0.717) is 33.5 Å². The highest BCUT2D eigenvalue weighted by atomic mass is 35.5. The summed E-state index contributed by atoms with van der Waals surface area (Å²) in [6.45, 7) is 1.83. The lowest BCUT2D eigenvalue weighted by atomic mass is 10.0. The zero-order valence-corrected chi connectivity index (χ0v) is 12.6. The summed E-state index contributed by atoms with van der Waals surface area (Å²) >= 11 is 5.99. The van der Waals surface area contributed by atoms with Crippen molar-refractivity contribution in [3.05, 3.63) is 40.0 Å². The number of rotatable bonds is 4. The van der Waals surface area contributed by atoms with Crippen molar-refractivity contribution in [2.24, 2.45) is 7.05 Å². The summed E-state index contributed by atoms with van der Waals surface area (Å²) in [6.07, 6.45) is -0.857. The topological polar surface area (TPSA) is 56.5 Å². The highest BCUT2D eigenvalue weighted by molar-refractivity contribution is 6.32. The van der Waals surface area contributed by atoms with Crippen molar-refractivity contribution in [3.8, 4) is 11.6 Å². The molecule has 1 atom stereocenters. The summed E-state index contributed by atoms with van der Waals surface area (Å²) in [7, 11) is 4.85. The van der Waals surface area contributed by atoms with Crippen molar-refractivity contribution in [3.63, 3.8) is 0 Å². The number of hydrogen-bond acceptors (Lipinski definition) is 4. The van der Waals surface area contributed by atoms with E-state index in [2.05, 4.69) is 5.10 Å². The Kier molecular flexibility index (Phi) is 4.20. The highest BCUT2D eigenvalue weighted by Crippen LogP contribution is 2.35. The van der Waals surface area contributed by atoms with Crippen LogP contribution in [0.5, 0.6) is 11.6 Å². The van der Waals surface area contributed by atoms with E-state index in [1.807, 2.05) is 6.92 Å². The van der Waals surface area contributed by atoms with Crippen LogP contribution in [-0.4, -0.2) is 29.1 Å². The number of aromatic nitrogens is 2. The second kappa shape index (κ2) is 5.73. The fourth-order valence-corrected chi connectivity index (χ4v) is 2.42. The lowest BCUT2D eigenvalue weighted by molar-refractivity contribution is 0.212. The molecule has 108 valence electrons. The van der Waals surface area contributed by atoms with Crippen molar-refractivity contribution in [1.82, 2.24) is 9.78 Å². The maximum absolute atomic E-state index is 10.6. The van der Waals surface area contributed by atoms with Crippen molar-refractivity contribution in [1.29, 1.82) is 0 Å². The largest absolute Gasteiger partial charge is 0.495 e. The van der Waals surface area contributed by atoms with Crippen LogP contribution in [0, 0.1) is 6.92 Å². The van der Waals surface area contributed by atoms with Gasteiger partial charge in [0, 0.05) is 7.05 Å². The van der Waals surface area contributed by atoms with Crippen LogP contribution in [0.3, 0.4) is 0 Å². The molecule has 0 aliphatic rings. The molecule has 0 amide bonds. The minimum absolute atomic E-state index is 0.498. The Morgan fingerprint density at radius 3 is 2.60 bits per heavy atom. The molecule has 0 aliphatic heterocycles. The summed E-state index contributed by atoms with van der Waals surface area (Å²) in [5, 5.41) is 15.3. The van der Waals surface area contributed by atoms with E-state index in [-0.39, 0.29) is 0 Å². The van der Waals surface area contributed by atoms with E-state index in [1.165, 1.54) is 7.11 Å². The summed E-state index contributed by atoms with van der Waals surface area (Å²) in [4.78, 5) is 0. The van der Waals surface area contributed by atoms with Gasteiger partial charge in [-0.1, -0.05) is 17.7 Å². The van der Waals surface area contributed by atoms with Crippen molar-refractivity contribution >= 4 is 11.6 Å². The number of aliphatic hydroxyl groups is 1. The Labute approximate surface area is 122 Å². The molecular weight excluding hydrogens is 280 g/mol. The smallest absolute Gasteiger partial charge is 0.217 e. The van der Waals surface area contributed by atoms with Gasteiger partial charge in [0.05, 0.1) is 30.5 Å². The number of methoxy groups -OCH3 is 2. The van der Waals surface area contributed by atoms with Crippen LogP contribution < -0.4 is 9.47 Å². The van der Waals surface area contributed by atoms with E-state index in [4.69, 9.17) is 21.1 Å². The summed E-state index contributed by atoms with van der Waals surface area (Å²) in [5.41, 5.74) is 2.02. The molecule has 2 aromatic rings. The summed E-state index contributed by atoms with van der Waals surface area (Å²) in [5.74, 6) is 1.05. The van der Waals surface area contributed by atoms with E-state index in [0.717, 1.165) is 0 Å². The van der Waals surface area contributed by atoms with Gasteiger partial charge in [-0.3, -0.25) is 0 Å². The van der Waals surface area contributed by atoms with Gasteiger partial charge in [-0.25, -0.2) is 4.68 Å². The van der Waals surface area contributed by atoms with Crippen LogP contribution in [-0.2, 0) is 7.05 Å². The second-order valence-corrected chi connectivity index (χ2v) is 4.84. The van der Waals surface area contributed by atoms with Gasteiger partial charge >= 0.3 is 0 Å². The minimum atomic E-state index is -0.857. The molecule has 0 fully saturated rings. The maximum Gasteiger partial charge on any atom is 0.217 e. The minimum Gasteiger partial charge on any atom is -0.495 e. The van der Waals surface area contributed by atoms with E-state index >= 15 is 0 Å². The van der Waals surface area contributed by atoms with Crippen molar-refractivity contribution in [2.45, 2.75) is 13.0 Å². The summed E-state index contributed by atoms with van der Waals surface area (Å²) < 4.78 is 12.1. The van der Waals surface area contributed by atoms with E-state index < -0.39 is 6.10 Å². The first-order chi connectivity index (χ1) is 9.49. The van der Waals surface area contributed by atoms with Crippen LogP contribution >= 0.6 is 11.6 Å². The lowest BCUT2D eigenvalue weighted by Gasteiger charge is -2.14. The Balaban J connectivity index is 2.48. The molecule has 1 heterocycles. The molecule has 1 aromatic carbocycles. The third-order valence-electron chi connectivity index (χ3n) is 3.17. The van der Waals surface area contributed by atoms with Gasteiger partial charge in [0.25, 0.3) is 0 Å². The standard InChI is InChI=1S/C14H17ClN2O3/c1-8-12(14(20-4)17(2)16-8)13(18)9-5-6-10(15)11(7-9)19-3/h5-7,13,18H,1-4H3. The average Bonchev–Trinajstić information content (AvgIpc) is 2.72. The Morgan fingerprint density at radius 1 is 1.30 bits per heavy atom. The highest BCUT2D eigenvalue weighted by Gasteiger charge is 2.23. The molecule has 0 spiro atoms. The normalized spacial score (nSPS) is 12.3. The predicted molar refractivity (Wildman–Crippen MR) is 76.6 cm³/mol. The second-order valence-electron chi connectivity index (χ2n) is 4.43. The number of nitrogens with zero attached hydrogens (tertiary/aromatic N) is 2. The fraction of sp³-hybridized carbons (Fsp3) is 0.357. The zero-order valence-electron chi connectivity index (χ0n) is 11.8. The number of ether oxygens (including phenoxy) is 2.